The van der Waals surface area contributed by atoms with Crippen molar-refractivity contribution in [1.82, 2.24) is 19.5 Å². The molecule has 2 heterocycles. The number of para-hydroxylation sites is 2. The second-order valence-corrected chi connectivity index (χ2v) is 9.03. The average molecular weight is 515 g/mol. The van der Waals surface area contributed by atoms with E-state index in [9.17, 15) is 0 Å². The van der Waals surface area contributed by atoms with E-state index in [4.69, 9.17) is 34.8 Å². The first-order valence-electron chi connectivity index (χ1n) is 14.9. The Morgan fingerprint density at radius 2 is 1.11 bits per heavy atom. The highest BCUT2D eigenvalue weighted by atomic mass is 35.5. The van der Waals surface area contributed by atoms with E-state index in [2.05, 4.69) is 0 Å². The molecule has 0 fully saturated rings. The van der Waals surface area contributed by atoms with Gasteiger partial charge in [-0.2, -0.15) is 0 Å². The van der Waals surface area contributed by atoms with Crippen molar-refractivity contribution < 1.29 is 8.22 Å². The van der Waals surface area contributed by atoms with E-state index in [1.807, 2.05) is 60.7 Å². The van der Waals surface area contributed by atoms with Crippen LogP contribution < -0.4 is 0 Å². The highest BCUT2D eigenvalue weighted by Gasteiger charge is 2.19. The third-order valence-electron chi connectivity index (χ3n) is 6.27. The number of benzene rings is 5. The third kappa shape index (κ3) is 3.83. The molecule has 7 aromatic rings. The minimum atomic E-state index is -0.195. The van der Waals surface area contributed by atoms with Crippen LogP contribution in [0.3, 0.4) is 0 Å². The van der Waals surface area contributed by atoms with Crippen molar-refractivity contribution in [1.29, 1.82) is 0 Å². The first-order valence-corrected chi connectivity index (χ1v) is 12.3. The molecule has 0 aliphatic carbocycles. The summed E-state index contributed by atoms with van der Waals surface area (Å²) >= 11 is 6.58. The van der Waals surface area contributed by atoms with Crippen molar-refractivity contribution in [2.75, 3.05) is 0 Å². The molecule has 0 amide bonds. The molecule has 0 radical (unpaired) electrons. The van der Waals surface area contributed by atoms with Gasteiger partial charge in [0, 0.05) is 32.5 Å². The highest BCUT2D eigenvalue weighted by Crippen LogP contribution is 2.37. The Labute approximate surface area is 233 Å². The number of rotatable bonds is 4. The highest BCUT2D eigenvalue weighted by molar-refractivity contribution is 6.31. The van der Waals surface area contributed by atoms with Crippen LogP contribution in [-0.4, -0.2) is 19.5 Å². The summed E-state index contributed by atoms with van der Waals surface area (Å²) in [6.07, 6.45) is 0. The van der Waals surface area contributed by atoms with Crippen LogP contribution in [0, 0.1) is 0 Å². The van der Waals surface area contributed by atoms with Gasteiger partial charge in [-0.3, -0.25) is 0 Å². The van der Waals surface area contributed by atoms with Crippen molar-refractivity contribution in [3.05, 3.63) is 132 Å². The Morgan fingerprint density at radius 1 is 0.579 bits per heavy atom. The molecule has 2 aromatic heterocycles. The van der Waals surface area contributed by atoms with Crippen LogP contribution in [0.5, 0.6) is 0 Å². The summed E-state index contributed by atoms with van der Waals surface area (Å²) in [7, 11) is 0. The number of nitrogens with zero attached hydrogens (tertiary/aromatic N) is 4. The lowest BCUT2D eigenvalue weighted by atomic mass is 10.1. The second-order valence-electron chi connectivity index (χ2n) is 8.60. The van der Waals surface area contributed by atoms with Crippen LogP contribution in [0.1, 0.15) is 8.22 Å². The maximum Gasteiger partial charge on any atom is 0.166 e. The molecule has 38 heavy (non-hydrogen) atoms. The van der Waals surface area contributed by atoms with Crippen molar-refractivity contribution >= 4 is 33.4 Å². The first kappa shape index (κ1) is 16.8. The van der Waals surface area contributed by atoms with Gasteiger partial charge in [-0.25, -0.2) is 15.0 Å². The Hall–Kier alpha value is -4.80. The fraction of sp³-hybridized carbons (Fsp3) is 0. The van der Waals surface area contributed by atoms with Gasteiger partial charge in [-0.1, -0.05) is 109 Å². The minimum absolute atomic E-state index is 0.0703. The molecule has 7 rings (SSSR count). The van der Waals surface area contributed by atoms with Crippen molar-refractivity contribution in [2.45, 2.75) is 0 Å². The minimum Gasteiger partial charge on any atom is -0.308 e. The predicted octanol–water partition coefficient (Wildman–Crippen LogP) is 8.62. The zero-order valence-electron chi connectivity index (χ0n) is 25.8. The molecular weight excluding hydrogens is 488 g/mol. The predicted molar refractivity (Wildman–Crippen MR) is 155 cm³/mol. The maximum absolute atomic E-state index is 8.87. The van der Waals surface area contributed by atoms with Crippen molar-refractivity contribution in [3.8, 4) is 39.9 Å². The van der Waals surface area contributed by atoms with Crippen LogP contribution in [0.25, 0.3) is 61.7 Å². The zero-order valence-corrected chi connectivity index (χ0v) is 20.6. The molecule has 0 saturated heterocycles. The topological polar surface area (TPSA) is 43.6 Å². The lowest BCUT2D eigenvalue weighted by Crippen LogP contribution is -2.03. The van der Waals surface area contributed by atoms with E-state index in [0.29, 0.717) is 33.7 Å². The van der Waals surface area contributed by atoms with E-state index in [-0.39, 0.29) is 58.1 Å². The smallest absolute Gasteiger partial charge is 0.166 e. The summed E-state index contributed by atoms with van der Waals surface area (Å²) in [4.78, 5) is 14.5. The number of hydrogen-bond acceptors (Lipinski definition) is 3. The fourth-order valence-electron chi connectivity index (χ4n) is 4.56. The summed E-state index contributed by atoms with van der Waals surface area (Å²) in [5.41, 5.74) is 2.93. The molecule has 5 heteroatoms. The normalized spacial score (nSPS) is 13.5. The van der Waals surface area contributed by atoms with Crippen molar-refractivity contribution in [2.24, 2.45) is 0 Å². The van der Waals surface area contributed by atoms with Crippen LogP contribution in [0.2, 0.25) is 5.02 Å². The van der Waals surface area contributed by atoms with Crippen LogP contribution in [0.15, 0.2) is 127 Å². The zero-order chi connectivity index (χ0) is 30.7. The summed E-state index contributed by atoms with van der Waals surface area (Å²) < 4.78 is 53.5. The Morgan fingerprint density at radius 3 is 1.66 bits per heavy atom. The summed E-state index contributed by atoms with van der Waals surface area (Å²) in [6, 6.07) is 25.8. The molecule has 0 aliphatic rings. The van der Waals surface area contributed by atoms with Gasteiger partial charge in [0.2, 0.25) is 0 Å². The molecule has 5 aromatic carbocycles. The van der Waals surface area contributed by atoms with Crippen molar-refractivity contribution in [3.63, 3.8) is 0 Å². The SMILES string of the molecule is [2H]c1cc([2H])c2c(c1[2H])c1c([2H])c([2H])cc([2H])c1n2-c1cc(Cl)ccc1-c1nc(-c2ccccc2)nc(-c2ccccc2)n1. The van der Waals surface area contributed by atoms with Crippen LogP contribution in [-0.2, 0) is 0 Å². The van der Waals surface area contributed by atoms with Gasteiger partial charge < -0.3 is 4.57 Å². The molecule has 0 N–H and O–H groups in total. The Kier molecular flexibility index (Phi) is 4.10. The molecule has 0 unspecified atom stereocenters. The van der Waals surface area contributed by atoms with Gasteiger partial charge in [-0.15, -0.1) is 0 Å². The number of hydrogen-bond donors (Lipinski definition) is 0. The van der Waals surface area contributed by atoms with Gasteiger partial charge in [0.1, 0.15) is 0 Å². The van der Waals surface area contributed by atoms with E-state index in [0.717, 1.165) is 11.1 Å². The summed E-state index contributed by atoms with van der Waals surface area (Å²) in [6.45, 7) is 0. The Balaban J connectivity index is 1.62. The average Bonchev–Trinajstić information content (AvgIpc) is 3.41. The van der Waals surface area contributed by atoms with Gasteiger partial charge in [0.25, 0.3) is 0 Å². The quantitative estimate of drug-likeness (QED) is 0.236. The Bertz CT molecular complexity index is 2130. The van der Waals surface area contributed by atoms with Gasteiger partial charge in [0.05, 0.1) is 24.9 Å². The maximum atomic E-state index is 8.87. The molecule has 0 spiro atoms. The van der Waals surface area contributed by atoms with E-state index < -0.39 is 0 Å². The molecule has 0 bridgehead atoms. The van der Waals surface area contributed by atoms with Gasteiger partial charge >= 0.3 is 0 Å². The number of fused-ring (bicyclic) bond motifs is 3. The first-order chi connectivity index (χ1) is 21.2. The molecule has 180 valence electrons. The van der Waals surface area contributed by atoms with Crippen LogP contribution >= 0.6 is 11.6 Å². The molecular formula is C33H21ClN4. The van der Waals surface area contributed by atoms with Gasteiger partial charge in [-0.05, 0) is 30.3 Å². The van der Waals surface area contributed by atoms with E-state index in [1.54, 1.807) is 22.8 Å². The van der Waals surface area contributed by atoms with Crippen LogP contribution in [0.4, 0.5) is 0 Å². The van der Waals surface area contributed by atoms with E-state index in [1.165, 1.54) is 12.1 Å². The third-order valence-corrected chi connectivity index (χ3v) is 6.50. The summed E-state index contributed by atoms with van der Waals surface area (Å²) in [5, 5.41) is 0.673. The van der Waals surface area contributed by atoms with E-state index >= 15 is 0 Å². The second kappa shape index (κ2) is 9.25. The van der Waals surface area contributed by atoms with Gasteiger partial charge in [0.15, 0.2) is 17.5 Å². The molecule has 4 nitrogen and oxygen atoms in total. The molecule has 0 saturated carbocycles. The molecule has 0 aliphatic heterocycles. The molecule has 0 atom stereocenters. The fourth-order valence-corrected chi connectivity index (χ4v) is 4.73. The monoisotopic (exact) mass is 514 g/mol. The standard InChI is InChI=1S/C33H21ClN4/c34-24-19-20-27(30(21-24)38-28-17-9-7-15-25(28)26-16-8-10-18-29(26)38)33-36-31(22-11-3-1-4-12-22)35-32(37-33)23-13-5-2-6-14-23/h1-21H/i7D,8D,15D,16D,17D,18D. The summed E-state index contributed by atoms with van der Waals surface area (Å²) in [5.74, 6) is 1.20. The largest absolute Gasteiger partial charge is 0.308 e. The number of aromatic nitrogens is 4. The lowest BCUT2D eigenvalue weighted by Gasteiger charge is -2.15. The number of halogens is 1. The lowest BCUT2D eigenvalue weighted by molar-refractivity contribution is 1.06.